The lowest BCUT2D eigenvalue weighted by Gasteiger charge is -2.14. The molecule has 0 aliphatic rings. The average Bonchev–Trinajstić information content (AvgIpc) is 3.23. The van der Waals surface area contributed by atoms with Crippen LogP contribution in [0, 0.1) is 25.2 Å². The molecule has 7 heteroatoms. The predicted octanol–water partition coefficient (Wildman–Crippen LogP) is 5.15. The van der Waals surface area contributed by atoms with E-state index in [0.29, 0.717) is 11.6 Å². The monoisotopic (exact) mass is 435 g/mol. The Morgan fingerprint density at radius 1 is 1.16 bits per heavy atom. The highest BCUT2D eigenvalue weighted by atomic mass is 32.1. The Labute approximate surface area is 185 Å². The fourth-order valence-corrected chi connectivity index (χ4v) is 4.01. The number of anilines is 1. The summed E-state index contributed by atoms with van der Waals surface area (Å²) < 4.78 is 5.20. The smallest absolute Gasteiger partial charge is 0.353 e. The molecule has 0 radical (unpaired) electrons. The molecule has 160 valence electrons. The molecule has 6 nitrogen and oxygen atoms in total. The Morgan fingerprint density at radius 2 is 1.90 bits per heavy atom. The molecule has 1 aromatic heterocycles. The van der Waals surface area contributed by atoms with Crippen molar-refractivity contribution >= 4 is 34.1 Å². The molecule has 1 heterocycles. The number of carbonyl (C=O) groups excluding carboxylic acids is 2. The van der Waals surface area contributed by atoms with Gasteiger partial charge in [0, 0.05) is 6.20 Å². The quantitative estimate of drug-likeness (QED) is 0.378. The van der Waals surface area contributed by atoms with Crippen molar-refractivity contribution in [2.75, 3.05) is 5.32 Å². The summed E-state index contributed by atoms with van der Waals surface area (Å²) in [6.07, 6.45) is 2.03. The SMILES string of the molecule is CCC(C(=N)C(=O)OCc1ccccc1)C(=O)Nc1ncc(-c2cc(C)ccc2C)s1. The van der Waals surface area contributed by atoms with Crippen LogP contribution < -0.4 is 5.32 Å². The summed E-state index contributed by atoms with van der Waals surface area (Å²) in [6.45, 7) is 5.88. The maximum absolute atomic E-state index is 12.7. The van der Waals surface area contributed by atoms with Crippen LogP contribution in [-0.4, -0.2) is 22.6 Å². The summed E-state index contributed by atoms with van der Waals surface area (Å²) in [4.78, 5) is 30.3. The first kappa shape index (κ1) is 22.4. The molecule has 2 N–H and O–H groups in total. The van der Waals surface area contributed by atoms with Gasteiger partial charge in [-0.15, -0.1) is 0 Å². The second kappa shape index (κ2) is 10.1. The van der Waals surface area contributed by atoms with Crippen LogP contribution in [0.3, 0.4) is 0 Å². The first-order valence-corrected chi connectivity index (χ1v) is 10.8. The third kappa shape index (κ3) is 5.64. The van der Waals surface area contributed by atoms with Crippen molar-refractivity contribution in [3.63, 3.8) is 0 Å². The Hall–Kier alpha value is -3.32. The number of nitrogens with zero attached hydrogens (tertiary/aromatic N) is 1. The zero-order valence-electron chi connectivity index (χ0n) is 17.8. The van der Waals surface area contributed by atoms with Gasteiger partial charge < -0.3 is 10.1 Å². The zero-order chi connectivity index (χ0) is 22.4. The molecule has 31 heavy (non-hydrogen) atoms. The molecule has 0 spiro atoms. The summed E-state index contributed by atoms with van der Waals surface area (Å²) in [5, 5.41) is 11.3. The van der Waals surface area contributed by atoms with Crippen molar-refractivity contribution in [3.8, 4) is 10.4 Å². The zero-order valence-corrected chi connectivity index (χ0v) is 18.6. The second-order valence-electron chi connectivity index (χ2n) is 7.27. The Kier molecular flexibility index (Phi) is 7.31. The molecule has 3 aromatic rings. The molecule has 2 aromatic carbocycles. The largest absolute Gasteiger partial charge is 0.456 e. The van der Waals surface area contributed by atoms with Crippen LogP contribution in [0.4, 0.5) is 5.13 Å². The number of thiazole rings is 1. The number of benzene rings is 2. The highest BCUT2D eigenvalue weighted by Gasteiger charge is 2.28. The minimum absolute atomic E-state index is 0.0613. The van der Waals surface area contributed by atoms with Gasteiger partial charge in [0.1, 0.15) is 12.3 Å². The Balaban J connectivity index is 1.64. The molecule has 3 rings (SSSR count). The third-order valence-corrected chi connectivity index (χ3v) is 5.85. The summed E-state index contributed by atoms with van der Waals surface area (Å²) in [5.74, 6) is -2.14. The molecule has 0 fully saturated rings. The van der Waals surface area contributed by atoms with E-state index < -0.39 is 17.8 Å². The number of amides is 1. The number of rotatable bonds is 8. The van der Waals surface area contributed by atoms with Gasteiger partial charge in [-0.25, -0.2) is 9.78 Å². The van der Waals surface area contributed by atoms with E-state index in [1.807, 2.05) is 44.2 Å². The van der Waals surface area contributed by atoms with Crippen molar-refractivity contribution < 1.29 is 14.3 Å². The van der Waals surface area contributed by atoms with E-state index in [4.69, 9.17) is 10.1 Å². The number of hydrogen-bond acceptors (Lipinski definition) is 6. The van der Waals surface area contributed by atoms with Crippen LogP contribution in [0.2, 0.25) is 0 Å². The van der Waals surface area contributed by atoms with E-state index in [2.05, 4.69) is 28.5 Å². The van der Waals surface area contributed by atoms with Gasteiger partial charge in [-0.2, -0.15) is 0 Å². The molecular weight excluding hydrogens is 410 g/mol. The minimum Gasteiger partial charge on any atom is -0.456 e. The summed E-state index contributed by atoms with van der Waals surface area (Å²) >= 11 is 1.36. The van der Waals surface area contributed by atoms with Gasteiger partial charge in [-0.05, 0) is 37.0 Å². The van der Waals surface area contributed by atoms with Gasteiger partial charge in [-0.3, -0.25) is 10.2 Å². The van der Waals surface area contributed by atoms with Gasteiger partial charge >= 0.3 is 5.97 Å². The Bertz CT molecular complexity index is 1090. The van der Waals surface area contributed by atoms with Crippen LogP contribution in [0.5, 0.6) is 0 Å². The van der Waals surface area contributed by atoms with Crippen molar-refractivity contribution in [1.29, 1.82) is 5.41 Å². The first-order valence-electron chi connectivity index (χ1n) is 10.0. The van der Waals surface area contributed by atoms with E-state index in [1.165, 1.54) is 11.3 Å². The standard InChI is InChI=1S/C24H25N3O3S/c1-4-18(21(25)23(29)30-14-17-8-6-5-7-9-17)22(28)27-24-26-13-20(31-24)19-12-15(2)10-11-16(19)3/h5-13,18,25H,4,14H2,1-3H3,(H,26,27,28). The predicted molar refractivity (Wildman–Crippen MR) is 123 cm³/mol. The van der Waals surface area contributed by atoms with Gasteiger partial charge in [-0.1, -0.05) is 72.4 Å². The van der Waals surface area contributed by atoms with Gasteiger partial charge in [0.15, 0.2) is 5.13 Å². The maximum Gasteiger partial charge on any atom is 0.353 e. The number of nitrogens with one attached hydrogen (secondary N) is 2. The molecule has 1 amide bonds. The van der Waals surface area contributed by atoms with Gasteiger partial charge in [0.25, 0.3) is 0 Å². The minimum atomic E-state index is -0.906. The average molecular weight is 436 g/mol. The van der Waals surface area contributed by atoms with E-state index >= 15 is 0 Å². The van der Waals surface area contributed by atoms with Crippen LogP contribution in [-0.2, 0) is 20.9 Å². The van der Waals surface area contributed by atoms with Crippen molar-refractivity contribution in [2.24, 2.45) is 5.92 Å². The number of hydrogen-bond donors (Lipinski definition) is 2. The number of aryl methyl sites for hydroxylation is 2. The molecule has 0 aliphatic heterocycles. The van der Waals surface area contributed by atoms with Crippen LogP contribution in [0.15, 0.2) is 54.7 Å². The fourth-order valence-electron chi connectivity index (χ4n) is 3.11. The first-order chi connectivity index (χ1) is 14.9. The fraction of sp³-hybridized carbons (Fsp3) is 0.250. The number of ether oxygens (including phenoxy) is 1. The highest BCUT2D eigenvalue weighted by molar-refractivity contribution is 7.19. The van der Waals surface area contributed by atoms with Crippen molar-refractivity contribution in [2.45, 2.75) is 33.8 Å². The van der Waals surface area contributed by atoms with Crippen molar-refractivity contribution in [3.05, 3.63) is 71.4 Å². The van der Waals surface area contributed by atoms with Crippen molar-refractivity contribution in [1.82, 2.24) is 4.98 Å². The van der Waals surface area contributed by atoms with E-state index in [0.717, 1.165) is 27.1 Å². The summed E-state index contributed by atoms with van der Waals surface area (Å²) in [6, 6.07) is 15.4. The molecule has 1 atom stereocenters. The van der Waals surface area contributed by atoms with Crippen LogP contribution in [0.1, 0.15) is 30.0 Å². The lowest BCUT2D eigenvalue weighted by molar-refractivity contribution is -0.137. The maximum atomic E-state index is 12.7. The van der Waals surface area contributed by atoms with Crippen LogP contribution in [0.25, 0.3) is 10.4 Å². The van der Waals surface area contributed by atoms with E-state index in [9.17, 15) is 9.59 Å². The summed E-state index contributed by atoms with van der Waals surface area (Å²) in [5.41, 5.74) is 3.81. The normalized spacial score (nSPS) is 11.6. The lowest BCUT2D eigenvalue weighted by Crippen LogP contribution is -2.34. The topological polar surface area (TPSA) is 92.1 Å². The van der Waals surface area contributed by atoms with Gasteiger partial charge in [0.2, 0.25) is 5.91 Å². The van der Waals surface area contributed by atoms with E-state index in [-0.39, 0.29) is 12.3 Å². The molecular formula is C24H25N3O3S. The number of carbonyl (C=O) groups is 2. The number of esters is 1. The molecule has 0 saturated carbocycles. The van der Waals surface area contributed by atoms with Gasteiger partial charge in [0.05, 0.1) is 10.8 Å². The highest BCUT2D eigenvalue weighted by Crippen LogP contribution is 2.32. The lowest BCUT2D eigenvalue weighted by atomic mass is 9.99. The molecule has 0 aliphatic carbocycles. The van der Waals surface area contributed by atoms with Crippen LogP contribution >= 0.6 is 11.3 Å². The summed E-state index contributed by atoms with van der Waals surface area (Å²) in [7, 11) is 0. The molecule has 0 saturated heterocycles. The van der Waals surface area contributed by atoms with E-state index in [1.54, 1.807) is 13.1 Å². The molecule has 1 unspecified atom stereocenters. The molecule has 0 bridgehead atoms. The second-order valence-corrected chi connectivity index (χ2v) is 8.30. The number of aromatic nitrogens is 1. The Morgan fingerprint density at radius 3 is 2.61 bits per heavy atom. The third-order valence-electron chi connectivity index (χ3n) is 4.90.